The molecule has 0 N–H and O–H groups in total. The number of unbranched alkanes of at least 4 members (excludes halogenated alkanes) is 1. The minimum Gasteiger partial charge on any atom is -0.244 e. The molecule has 0 atom stereocenters. The number of nitriles is 1. The molecular formula is C14H16N2S2. The average Bonchev–Trinajstić information content (AvgIpc) is 2.34. The third-order valence-electron chi connectivity index (χ3n) is 2.64. The molecule has 2 rings (SSSR count). The summed E-state index contributed by atoms with van der Waals surface area (Å²) in [4.78, 5) is 6.03. The molecule has 4 heteroatoms. The van der Waals surface area contributed by atoms with Crippen LogP contribution in [0, 0.1) is 11.3 Å². The van der Waals surface area contributed by atoms with Gasteiger partial charge in [0.05, 0.1) is 21.5 Å². The van der Waals surface area contributed by atoms with Crippen LogP contribution < -0.4 is 0 Å². The van der Waals surface area contributed by atoms with Gasteiger partial charge >= 0.3 is 0 Å². The normalized spacial score (nSPS) is 16.6. The predicted molar refractivity (Wildman–Crippen MR) is 80.8 cm³/mol. The first-order chi connectivity index (χ1) is 8.63. The van der Waals surface area contributed by atoms with Gasteiger partial charge in [0.1, 0.15) is 0 Å². The van der Waals surface area contributed by atoms with E-state index in [2.05, 4.69) is 38.1 Å². The van der Waals surface area contributed by atoms with Crippen molar-refractivity contribution in [3.8, 4) is 6.07 Å². The Morgan fingerprint density at radius 2 is 2.17 bits per heavy atom. The van der Waals surface area contributed by atoms with Gasteiger partial charge in [0.25, 0.3) is 0 Å². The van der Waals surface area contributed by atoms with Crippen molar-refractivity contribution in [3.63, 3.8) is 0 Å². The number of rotatable bonds is 3. The second kappa shape index (κ2) is 5.81. The number of hydrogen-bond donors (Lipinski definition) is 0. The van der Waals surface area contributed by atoms with E-state index in [1.54, 1.807) is 11.8 Å². The third-order valence-corrected chi connectivity index (χ3v) is 5.40. The van der Waals surface area contributed by atoms with Gasteiger partial charge in [-0.1, -0.05) is 12.1 Å². The number of benzene rings is 1. The van der Waals surface area contributed by atoms with E-state index in [1.807, 2.05) is 17.8 Å². The summed E-state index contributed by atoms with van der Waals surface area (Å²) >= 11 is 3.66. The first-order valence-corrected chi connectivity index (χ1v) is 7.80. The molecule has 1 aliphatic heterocycles. The van der Waals surface area contributed by atoms with Crippen molar-refractivity contribution >= 4 is 34.3 Å². The van der Waals surface area contributed by atoms with Gasteiger partial charge in [-0.15, -0.1) is 23.5 Å². The van der Waals surface area contributed by atoms with Gasteiger partial charge in [-0.25, -0.2) is 4.99 Å². The minimum atomic E-state index is 0.0334. The highest BCUT2D eigenvalue weighted by atomic mass is 32.2. The standard InChI is InChI=1S/C14H16N2S2/c1-14(2)13(17-10-6-5-9-15)16-11-7-3-4-8-12(11)18-14/h3-4,7-8H,5-6,10H2,1-2H3. The summed E-state index contributed by atoms with van der Waals surface area (Å²) in [5.41, 5.74) is 1.07. The maximum Gasteiger partial charge on any atom is 0.0898 e. The largest absolute Gasteiger partial charge is 0.244 e. The van der Waals surface area contributed by atoms with E-state index in [0.717, 1.165) is 17.9 Å². The topological polar surface area (TPSA) is 36.1 Å². The molecule has 94 valence electrons. The fraction of sp³-hybridized carbons (Fsp3) is 0.429. The van der Waals surface area contributed by atoms with Crippen LogP contribution in [-0.2, 0) is 0 Å². The Morgan fingerprint density at radius 1 is 1.39 bits per heavy atom. The van der Waals surface area contributed by atoms with Crippen LogP contribution in [0.25, 0.3) is 0 Å². The fourth-order valence-electron chi connectivity index (χ4n) is 1.72. The Hall–Kier alpha value is -0.920. The second-order valence-corrected chi connectivity index (χ2v) is 7.36. The lowest BCUT2D eigenvalue weighted by molar-refractivity contribution is 0.950. The molecule has 0 spiro atoms. The Kier molecular flexibility index (Phi) is 4.36. The van der Waals surface area contributed by atoms with Crippen LogP contribution in [0.1, 0.15) is 26.7 Å². The SMILES string of the molecule is CC1(C)Sc2ccccc2N=C1SCCCC#N. The predicted octanol–water partition coefficient (Wildman–Crippen LogP) is 4.64. The van der Waals surface area contributed by atoms with Gasteiger partial charge in [0, 0.05) is 17.1 Å². The van der Waals surface area contributed by atoms with Gasteiger partial charge in [0.15, 0.2) is 0 Å². The molecule has 1 aliphatic rings. The van der Waals surface area contributed by atoms with E-state index in [-0.39, 0.29) is 4.75 Å². The van der Waals surface area contributed by atoms with Crippen LogP contribution in [0.2, 0.25) is 0 Å². The molecule has 0 bridgehead atoms. The van der Waals surface area contributed by atoms with Crippen molar-refractivity contribution in [2.75, 3.05) is 5.75 Å². The summed E-state index contributed by atoms with van der Waals surface area (Å²) in [7, 11) is 0. The number of hydrogen-bond acceptors (Lipinski definition) is 4. The fourth-order valence-corrected chi connectivity index (χ4v) is 4.07. The van der Waals surface area contributed by atoms with Crippen LogP contribution in [0.15, 0.2) is 34.2 Å². The van der Waals surface area contributed by atoms with Gasteiger partial charge in [-0.05, 0) is 32.4 Å². The van der Waals surface area contributed by atoms with Crippen molar-refractivity contribution in [2.45, 2.75) is 36.3 Å². The first kappa shape index (κ1) is 13.5. The molecule has 0 saturated heterocycles. The van der Waals surface area contributed by atoms with Gasteiger partial charge in [0.2, 0.25) is 0 Å². The lowest BCUT2D eigenvalue weighted by atomic mass is 10.2. The molecule has 18 heavy (non-hydrogen) atoms. The van der Waals surface area contributed by atoms with Crippen LogP contribution >= 0.6 is 23.5 Å². The molecule has 0 aliphatic carbocycles. The van der Waals surface area contributed by atoms with Gasteiger partial charge < -0.3 is 0 Å². The monoisotopic (exact) mass is 276 g/mol. The minimum absolute atomic E-state index is 0.0334. The highest BCUT2D eigenvalue weighted by Crippen LogP contribution is 2.46. The Morgan fingerprint density at radius 3 is 2.94 bits per heavy atom. The van der Waals surface area contributed by atoms with Crippen LogP contribution in [0.5, 0.6) is 0 Å². The van der Waals surface area contributed by atoms with E-state index in [4.69, 9.17) is 10.3 Å². The number of nitrogens with zero attached hydrogens (tertiary/aromatic N) is 2. The molecule has 0 amide bonds. The lowest BCUT2D eigenvalue weighted by Gasteiger charge is -2.30. The quantitative estimate of drug-likeness (QED) is 0.755. The first-order valence-electron chi connectivity index (χ1n) is 6.00. The molecule has 0 radical (unpaired) electrons. The number of aliphatic imine (C=N–C) groups is 1. The molecule has 1 aromatic rings. The van der Waals surface area contributed by atoms with Gasteiger partial charge in [-0.3, -0.25) is 0 Å². The van der Waals surface area contributed by atoms with E-state index in [0.29, 0.717) is 6.42 Å². The number of thioether (sulfide) groups is 2. The van der Waals surface area contributed by atoms with E-state index < -0.39 is 0 Å². The summed E-state index contributed by atoms with van der Waals surface area (Å²) in [5, 5.41) is 9.71. The second-order valence-electron chi connectivity index (χ2n) is 4.61. The van der Waals surface area contributed by atoms with E-state index in [1.165, 1.54) is 9.94 Å². The summed E-state index contributed by atoms with van der Waals surface area (Å²) in [6, 6.07) is 10.5. The number of fused-ring (bicyclic) bond motifs is 1. The molecule has 0 fully saturated rings. The zero-order valence-electron chi connectivity index (χ0n) is 10.6. The molecular weight excluding hydrogens is 260 g/mol. The molecule has 0 saturated carbocycles. The lowest BCUT2D eigenvalue weighted by Crippen LogP contribution is -2.27. The van der Waals surface area contributed by atoms with Crippen LogP contribution in [0.4, 0.5) is 5.69 Å². The smallest absolute Gasteiger partial charge is 0.0898 e. The molecule has 0 unspecified atom stereocenters. The van der Waals surface area contributed by atoms with Crippen molar-refractivity contribution < 1.29 is 0 Å². The Balaban J connectivity index is 2.13. The zero-order chi connectivity index (χ0) is 13.0. The maximum absolute atomic E-state index is 8.54. The Labute approximate surface area is 117 Å². The molecule has 0 aromatic heterocycles. The third kappa shape index (κ3) is 3.09. The number of para-hydroxylation sites is 1. The molecule has 2 nitrogen and oxygen atoms in total. The van der Waals surface area contributed by atoms with Crippen molar-refractivity contribution in [1.29, 1.82) is 5.26 Å². The summed E-state index contributed by atoms with van der Waals surface area (Å²) < 4.78 is 0.0334. The van der Waals surface area contributed by atoms with E-state index in [9.17, 15) is 0 Å². The maximum atomic E-state index is 8.54. The van der Waals surface area contributed by atoms with Crippen LogP contribution in [-0.4, -0.2) is 15.5 Å². The highest BCUT2D eigenvalue weighted by molar-refractivity contribution is 8.16. The molecule has 1 aromatic carbocycles. The van der Waals surface area contributed by atoms with Gasteiger partial charge in [-0.2, -0.15) is 5.26 Å². The summed E-state index contributed by atoms with van der Waals surface area (Å²) in [5.74, 6) is 0.971. The zero-order valence-corrected chi connectivity index (χ0v) is 12.3. The van der Waals surface area contributed by atoms with E-state index >= 15 is 0 Å². The van der Waals surface area contributed by atoms with Crippen LogP contribution in [0.3, 0.4) is 0 Å². The summed E-state index contributed by atoms with van der Waals surface area (Å²) in [6.45, 7) is 4.42. The van der Waals surface area contributed by atoms with Crippen molar-refractivity contribution in [1.82, 2.24) is 0 Å². The highest BCUT2D eigenvalue weighted by Gasteiger charge is 2.31. The average molecular weight is 276 g/mol. The Bertz CT molecular complexity index is 501. The van der Waals surface area contributed by atoms with Crippen molar-refractivity contribution in [3.05, 3.63) is 24.3 Å². The summed E-state index contributed by atoms with van der Waals surface area (Å²) in [6.07, 6.45) is 1.56. The molecule has 1 heterocycles. The van der Waals surface area contributed by atoms with Crippen molar-refractivity contribution in [2.24, 2.45) is 4.99 Å².